The van der Waals surface area contributed by atoms with Gasteiger partial charge in [-0.3, -0.25) is 4.79 Å². The monoisotopic (exact) mass is 404 g/mol. The number of nitrogens with one attached hydrogen (secondary N) is 1. The van der Waals surface area contributed by atoms with Gasteiger partial charge in [-0.25, -0.2) is 14.2 Å². The number of rotatable bonds is 4. The molecule has 1 amide bonds. The van der Waals surface area contributed by atoms with Gasteiger partial charge >= 0.3 is 5.97 Å². The van der Waals surface area contributed by atoms with E-state index in [-0.39, 0.29) is 28.5 Å². The molecule has 0 aliphatic rings. The minimum absolute atomic E-state index is 0.151. The zero-order valence-corrected chi connectivity index (χ0v) is 16.2. The molecule has 2 heterocycles. The molecule has 0 radical (unpaired) electrons. The normalized spacial score (nSPS) is 10.9. The molecule has 0 aliphatic heterocycles. The summed E-state index contributed by atoms with van der Waals surface area (Å²) in [5.41, 5.74) is 3.20. The van der Waals surface area contributed by atoms with Crippen molar-refractivity contribution in [2.45, 2.75) is 6.92 Å². The molecular weight excluding hydrogens is 387 g/mol. The van der Waals surface area contributed by atoms with E-state index in [0.717, 1.165) is 0 Å². The molecule has 0 saturated carbocycles. The molecule has 150 valence electrons. The topological polar surface area (TPSA) is 92.4 Å². The molecule has 0 fully saturated rings. The fourth-order valence-electron chi connectivity index (χ4n) is 3.38. The number of aromatic carboxylic acids is 1. The van der Waals surface area contributed by atoms with Crippen LogP contribution in [-0.2, 0) is 0 Å². The molecule has 0 unspecified atom stereocenters. The highest BCUT2D eigenvalue weighted by molar-refractivity contribution is 6.11. The zero-order valence-electron chi connectivity index (χ0n) is 16.2. The maximum Gasteiger partial charge on any atom is 0.335 e. The Labute approximate surface area is 171 Å². The zero-order chi connectivity index (χ0) is 21.4. The number of hydrogen-bond donors (Lipinski definition) is 2. The second kappa shape index (κ2) is 7.44. The van der Waals surface area contributed by atoms with Crippen LogP contribution in [0.1, 0.15) is 26.4 Å². The van der Waals surface area contributed by atoms with Crippen molar-refractivity contribution >= 4 is 23.0 Å². The van der Waals surface area contributed by atoms with Gasteiger partial charge in [-0.2, -0.15) is 0 Å². The lowest BCUT2D eigenvalue weighted by Gasteiger charge is -2.07. The lowest BCUT2D eigenvalue weighted by Crippen LogP contribution is -2.18. The number of hydrogen-bond acceptors (Lipinski definition) is 4. The third kappa shape index (κ3) is 3.30. The number of halogens is 1. The lowest BCUT2D eigenvalue weighted by molar-refractivity contribution is 0.0696. The van der Waals surface area contributed by atoms with Crippen LogP contribution in [-0.4, -0.2) is 29.0 Å². The summed E-state index contributed by atoms with van der Waals surface area (Å²) in [6.07, 6.45) is 0. The predicted molar refractivity (Wildman–Crippen MR) is 110 cm³/mol. The maximum atomic E-state index is 13.4. The minimum atomic E-state index is -1.03. The quantitative estimate of drug-likeness (QED) is 0.516. The summed E-state index contributed by atoms with van der Waals surface area (Å²) in [5.74, 6) is -1.51. The third-order valence-corrected chi connectivity index (χ3v) is 4.85. The van der Waals surface area contributed by atoms with Gasteiger partial charge in [0.1, 0.15) is 11.6 Å². The molecule has 0 atom stereocenters. The van der Waals surface area contributed by atoms with Gasteiger partial charge in [-0.1, -0.05) is 12.1 Å². The maximum absolute atomic E-state index is 13.4. The van der Waals surface area contributed by atoms with E-state index in [9.17, 15) is 19.1 Å². The van der Waals surface area contributed by atoms with Crippen LogP contribution in [0.3, 0.4) is 0 Å². The van der Waals surface area contributed by atoms with Crippen LogP contribution in [0, 0.1) is 12.7 Å². The van der Waals surface area contributed by atoms with Crippen molar-refractivity contribution < 1.29 is 23.5 Å². The summed E-state index contributed by atoms with van der Waals surface area (Å²) in [6.45, 7) is 1.78. The number of furan rings is 1. The van der Waals surface area contributed by atoms with Crippen LogP contribution in [0.4, 0.5) is 4.39 Å². The van der Waals surface area contributed by atoms with E-state index in [1.165, 1.54) is 37.4 Å². The van der Waals surface area contributed by atoms with E-state index in [2.05, 4.69) is 10.3 Å². The Morgan fingerprint density at radius 1 is 1.07 bits per heavy atom. The first kappa shape index (κ1) is 19.3. The average Bonchev–Trinajstić information content (AvgIpc) is 3.11. The van der Waals surface area contributed by atoms with E-state index in [1.54, 1.807) is 31.2 Å². The molecule has 2 aromatic carbocycles. The van der Waals surface area contributed by atoms with Crippen LogP contribution in [0.25, 0.3) is 33.6 Å². The molecule has 0 saturated heterocycles. The first-order chi connectivity index (χ1) is 14.4. The molecule has 4 aromatic rings. The van der Waals surface area contributed by atoms with Crippen LogP contribution in [0.15, 0.2) is 59.0 Å². The fourth-order valence-corrected chi connectivity index (χ4v) is 3.38. The third-order valence-electron chi connectivity index (χ3n) is 4.85. The molecule has 30 heavy (non-hydrogen) atoms. The first-order valence-electron chi connectivity index (χ1n) is 9.15. The van der Waals surface area contributed by atoms with Crippen molar-refractivity contribution in [3.63, 3.8) is 0 Å². The van der Waals surface area contributed by atoms with Gasteiger partial charge in [0.2, 0.25) is 5.71 Å². The highest BCUT2D eigenvalue weighted by atomic mass is 19.1. The van der Waals surface area contributed by atoms with Crippen molar-refractivity contribution in [2.75, 3.05) is 7.05 Å². The molecule has 6 nitrogen and oxygen atoms in total. The summed E-state index contributed by atoms with van der Waals surface area (Å²) in [6, 6.07) is 13.9. The number of benzene rings is 2. The van der Waals surface area contributed by atoms with Crippen LogP contribution < -0.4 is 5.32 Å². The number of nitrogens with zero attached hydrogens (tertiary/aromatic N) is 1. The Morgan fingerprint density at radius 3 is 2.47 bits per heavy atom. The smallest absolute Gasteiger partial charge is 0.335 e. The van der Waals surface area contributed by atoms with Crippen molar-refractivity contribution in [3.8, 4) is 22.5 Å². The Bertz CT molecular complexity index is 1290. The lowest BCUT2D eigenvalue weighted by atomic mass is 9.99. The van der Waals surface area contributed by atoms with Crippen LogP contribution in [0.2, 0.25) is 0 Å². The summed E-state index contributed by atoms with van der Waals surface area (Å²) in [4.78, 5) is 28.5. The highest BCUT2D eigenvalue weighted by Crippen LogP contribution is 2.36. The Hall–Kier alpha value is -4.00. The first-order valence-corrected chi connectivity index (χ1v) is 9.15. The number of carbonyl (C=O) groups is 2. The van der Waals surface area contributed by atoms with Crippen LogP contribution >= 0.6 is 0 Å². The van der Waals surface area contributed by atoms with Gasteiger partial charge in [0.25, 0.3) is 5.91 Å². The average molecular weight is 404 g/mol. The number of fused-ring (bicyclic) bond motifs is 1. The van der Waals surface area contributed by atoms with E-state index >= 15 is 0 Å². The summed E-state index contributed by atoms with van der Waals surface area (Å²) in [5, 5.41) is 12.4. The molecule has 2 N–H and O–H groups in total. The van der Waals surface area contributed by atoms with Crippen molar-refractivity contribution in [2.24, 2.45) is 0 Å². The van der Waals surface area contributed by atoms with E-state index in [1.807, 2.05) is 0 Å². The van der Waals surface area contributed by atoms with Gasteiger partial charge in [-0.15, -0.1) is 0 Å². The van der Waals surface area contributed by atoms with Gasteiger partial charge in [0.15, 0.2) is 0 Å². The fraction of sp³-hybridized carbons (Fsp3) is 0.0870. The highest BCUT2D eigenvalue weighted by Gasteiger charge is 2.24. The van der Waals surface area contributed by atoms with Gasteiger partial charge in [0, 0.05) is 23.9 Å². The minimum Gasteiger partial charge on any atom is -0.478 e. The molecular formula is C23H17FN2O4. The second-order valence-corrected chi connectivity index (χ2v) is 6.75. The van der Waals surface area contributed by atoms with E-state index in [0.29, 0.717) is 27.8 Å². The summed E-state index contributed by atoms with van der Waals surface area (Å²) >= 11 is 0. The van der Waals surface area contributed by atoms with Gasteiger partial charge in [0.05, 0.1) is 16.5 Å². The van der Waals surface area contributed by atoms with Gasteiger partial charge < -0.3 is 14.8 Å². The number of amides is 1. The largest absolute Gasteiger partial charge is 0.478 e. The molecule has 0 bridgehead atoms. The van der Waals surface area contributed by atoms with E-state index in [4.69, 9.17) is 4.42 Å². The van der Waals surface area contributed by atoms with Crippen molar-refractivity contribution in [3.05, 3.63) is 77.2 Å². The van der Waals surface area contributed by atoms with E-state index < -0.39 is 11.8 Å². The SMILES string of the molecule is CNC(=O)c1c(-c2ccc(F)cc2)oc2nc(C)c(-c3cccc(C(=O)O)c3)cc12. The number of aryl methyl sites for hydroxylation is 1. The summed E-state index contributed by atoms with van der Waals surface area (Å²) < 4.78 is 19.2. The molecule has 4 rings (SSSR count). The molecule has 0 spiro atoms. The number of carbonyl (C=O) groups excluding carboxylic acids is 1. The molecule has 7 heteroatoms. The predicted octanol–water partition coefficient (Wildman–Crippen LogP) is 4.67. The molecule has 0 aliphatic carbocycles. The number of pyridine rings is 1. The Morgan fingerprint density at radius 2 is 1.80 bits per heavy atom. The van der Waals surface area contributed by atoms with Crippen molar-refractivity contribution in [1.82, 2.24) is 10.3 Å². The van der Waals surface area contributed by atoms with Crippen molar-refractivity contribution in [1.29, 1.82) is 0 Å². The number of carboxylic acid groups (broad SMARTS) is 1. The summed E-state index contributed by atoms with van der Waals surface area (Å²) in [7, 11) is 1.51. The standard InChI is InChI=1S/C23H17FN2O4/c1-12-17(14-4-3-5-15(10-14)23(28)29)11-18-19(21(27)25-2)20(30-22(18)26-12)13-6-8-16(24)9-7-13/h3-11H,1-2H3,(H,25,27)(H,28,29). The number of aromatic nitrogens is 1. The molecule has 2 aromatic heterocycles. The van der Waals surface area contributed by atoms with Gasteiger partial charge in [-0.05, 0) is 55.0 Å². The Kier molecular flexibility index (Phi) is 4.79. The van der Waals surface area contributed by atoms with Crippen LogP contribution in [0.5, 0.6) is 0 Å². The number of carboxylic acids is 1. The second-order valence-electron chi connectivity index (χ2n) is 6.75. The Balaban J connectivity index is 1.97.